The highest BCUT2D eigenvalue weighted by atomic mass is 35.5. The maximum Gasteiger partial charge on any atom is 0.282 e. The number of carbonyl (C=O) groups is 1. The largest absolute Gasteiger partial charge is 0.337 e. The number of nitrogens with zero attached hydrogens (tertiary/aromatic N) is 2. The molecule has 0 unspecified atom stereocenters. The number of likely N-dealkylation sites (tertiary alicyclic amines) is 1. The number of para-hydroxylation sites is 1. The molecule has 7 heteroatoms. The Bertz CT molecular complexity index is 481. The first-order valence-corrected chi connectivity index (χ1v) is 5.88. The molecule has 1 aliphatic rings. The molecule has 1 atom stereocenters. The van der Waals surface area contributed by atoms with Crippen molar-refractivity contribution in [3.05, 3.63) is 39.9 Å². The second-order valence-corrected chi connectivity index (χ2v) is 4.43. The fourth-order valence-corrected chi connectivity index (χ4v) is 2.18. The minimum atomic E-state index is -0.531. The molecule has 0 saturated carbocycles. The molecule has 0 aromatic heterocycles. The normalized spacial score (nSPS) is 18.6. The van der Waals surface area contributed by atoms with Crippen LogP contribution >= 0.6 is 12.4 Å². The van der Waals surface area contributed by atoms with Crippen molar-refractivity contribution in [3.63, 3.8) is 0 Å². The molecule has 0 spiro atoms. The molecule has 1 saturated heterocycles. The van der Waals surface area contributed by atoms with Crippen molar-refractivity contribution in [3.8, 4) is 0 Å². The summed E-state index contributed by atoms with van der Waals surface area (Å²) in [6.45, 7) is 1.07. The van der Waals surface area contributed by atoms with Crippen molar-refractivity contribution in [2.24, 2.45) is 5.73 Å². The Morgan fingerprint density at radius 3 is 2.74 bits per heavy atom. The monoisotopic (exact) mass is 285 g/mol. The van der Waals surface area contributed by atoms with E-state index in [4.69, 9.17) is 5.73 Å². The van der Waals surface area contributed by atoms with Gasteiger partial charge in [-0.05, 0) is 18.9 Å². The van der Waals surface area contributed by atoms with Gasteiger partial charge >= 0.3 is 0 Å². The average molecular weight is 286 g/mol. The Balaban J connectivity index is 0.00000180. The fourth-order valence-electron chi connectivity index (χ4n) is 2.18. The van der Waals surface area contributed by atoms with Crippen LogP contribution in [0.1, 0.15) is 23.2 Å². The molecule has 2 rings (SSSR count). The summed E-state index contributed by atoms with van der Waals surface area (Å²) in [5, 5.41) is 10.9. The standard InChI is InChI=1S/C12H15N3O3.ClH/c13-9-4-3-7-14(8-9)12(16)10-5-1-2-6-11(10)15(17)18;/h1-2,5-6,9H,3-4,7-8,13H2;1H/t9-;/m1./s1. The molecule has 2 N–H and O–H groups in total. The second kappa shape index (κ2) is 6.49. The number of benzene rings is 1. The Labute approximate surface area is 117 Å². The maximum atomic E-state index is 12.2. The van der Waals surface area contributed by atoms with Crippen molar-refractivity contribution in [2.45, 2.75) is 18.9 Å². The minimum absolute atomic E-state index is 0. The number of amides is 1. The van der Waals surface area contributed by atoms with Gasteiger partial charge in [0.2, 0.25) is 0 Å². The molecule has 1 aliphatic heterocycles. The van der Waals surface area contributed by atoms with E-state index in [-0.39, 0.29) is 35.6 Å². The van der Waals surface area contributed by atoms with E-state index < -0.39 is 4.92 Å². The van der Waals surface area contributed by atoms with E-state index in [0.29, 0.717) is 13.1 Å². The van der Waals surface area contributed by atoms with Crippen molar-refractivity contribution < 1.29 is 9.72 Å². The number of hydrogen-bond acceptors (Lipinski definition) is 4. The molecular formula is C12H16ClN3O3. The van der Waals surface area contributed by atoms with Crippen molar-refractivity contribution in [1.82, 2.24) is 4.90 Å². The molecule has 1 heterocycles. The number of piperidine rings is 1. The third-order valence-corrected chi connectivity index (χ3v) is 3.08. The van der Waals surface area contributed by atoms with Gasteiger partial charge in [-0.2, -0.15) is 0 Å². The van der Waals surface area contributed by atoms with Crippen LogP contribution in [0, 0.1) is 10.1 Å². The van der Waals surface area contributed by atoms with Gasteiger partial charge < -0.3 is 10.6 Å². The van der Waals surface area contributed by atoms with Crippen molar-refractivity contribution in [1.29, 1.82) is 0 Å². The Morgan fingerprint density at radius 1 is 1.42 bits per heavy atom. The van der Waals surface area contributed by atoms with Crippen molar-refractivity contribution >= 4 is 24.0 Å². The van der Waals surface area contributed by atoms with E-state index in [1.54, 1.807) is 17.0 Å². The zero-order chi connectivity index (χ0) is 13.1. The van der Waals surface area contributed by atoms with Gasteiger partial charge in [0.1, 0.15) is 5.56 Å². The Hall–Kier alpha value is -1.66. The van der Waals surface area contributed by atoms with E-state index >= 15 is 0 Å². The molecular weight excluding hydrogens is 270 g/mol. The summed E-state index contributed by atoms with van der Waals surface area (Å²) in [6.07, 6.45) is 1.73. The number of hydrogen-bond donors (Lipinski definition) is 1. The highest BCUT2D eigenvalue weighted by molar-refractivity contribution is 5.98. The zero-order valence-electron chi connectivity index (χ0n) is 10.3. The van der Waals surface area contributed by atoms with Crippen molar-refractivity contribution in [2.75, 3.05) is 13.1 Å². The highest BCUT2D eigenvalue weighted by Gasteiger charge is 2.27. The van der Waals surface area contributed by atoms with Gasteiger partial charge in [-0.25, -0.2) is 0 Å². The number of halogens is 1. The first-order chi connectivity index (χ1) is 8.59. The minimum Gasteiger partial charge on any atom is -0.337 e. The molecule has 1 aromatic rings. The molecule has 1 fully saturated rings. The lowest BCUT2D eigenvalue weighted by atomic mass is 10.0. The maximum absolute atomic E-state index is 12.2. The fraction of sp³-hybridized carbons (Fsp3) is 0.417. The van der Waals surface area contributed by atoms with E-state index in [9.17, 15) is 14.9 Å². The first-order valence-electron chi connectivity index (χ1n) is 5.88. The smallest absolute Gasteiger partial charge is 0.282 e. The molecule has 1 aromatic carbocycles. The predicted octanol–water partition coefficient (Wildman–Crippen LogP) is 1.58. The highest BCUT2D eigenvalue weighted by Crippen LogP contribution is 2.21. The van der Waals surface area contributed by atoms with Gasteiger partial charge in [0.05, 0.1) is 4.92 Å². The summed E-state index contributed by atoms with van der Waals surface area (Å²) in [4.78, 5) is 24.2. The summed E-state index contributed by atoms with van der Waals surface area (Å²) >= 11 is 0. The summed E-state index contributed by atoms with van der Waals surface area (Å²) in [5.41, 5.74) is 5.80. The SMILES string of the molecule is Cl.N[C@@H]1CCCN(C(=O)c2ccccc2[N+](=O)[O-])C1. The van der Waals surface area contributed by atoms with Gasteiger partial charge in [-0.3, -0.25) is 14.9 Å². The van der Waals surface area contributed by atoms with Crippen LogP contribution in [0.25, 0.3) is 0 Å². The molecule has 6 nitrogen and oxygen atoms in total. The Kier molecular flexibility index (Phi) is 5.26. The van der Waals surface area contributed by atoms with Gasteiger partial charge in [-0.1, -0.05) is 12.1 Å². The van der Waals surface area contributed by atoms with Gasteiger partial charge in [0.15, 0.2) is 0 Å². The summed E-state index contributed by atoms with van der Waals surface area (Å²) in [7, 11) is 0. The van der Waals surface area contributed by atoms with Crippen LogP contribution in [-0.2, 0) is 0 Å². The molecule has 0 radical (unpaired) electrons. The molecule has 1 amide bonds. The summed E-state index contributed by atoms with van der Waals surface area (Å²) in [6, 6.07) is 5.98. The average Bonchev–Trinajstić information content (AvgIpc) is 2.38. The van der Waals surface area contributed by atoms with Crippen LogP contribution in [0.15, 0.2) is 24.3 Å². The van der Waals surface area contributed by atoms with Gasteiger partial charge in [0, 0.05) is 25.2 Å². The number of nitro benzene ring substituents is 1. The van der Waals surface area contributed by atoms with Gasteiger partial charge in [-0.15, -0.1) is 12.4 Å². The first kappa shape index (κ1) is 15.4. The molecule has 0 bridgehead atoms. The molecule has 104 valence electrons. The van der Waals surface area contributed by atoms with E-state index in [1.165, 1.54) is 12.1 Å². The topological polar surface area (TPSA) is 89.5 Å². The number of nitro groups is 1. The summed E-state index contributed by atoms with van der Waals surface area (Å²) < 4.78 is 0. The second-order valence-electron chi connectivity index (χ2n) is 4.43. The van der Waals surface area contributed by atoms with Crippen LogP contribution in [0.5, 0.6) is 0 Å². The third kappa shape index (κ3) is 3.42. The number of carbonyl (C=O) groups excluding carboxylic acids is 1. The zero-order valence-corrected chi connectivity index (χ0v) is 11.1. The van der Waals surface area contributed by atoms with Crippen LogP contribution < -0.4 is 5.73 Å². The van der Waals surface area contributed by atoms with E-state index in [0.717, 1.165) is 12.8 Å². The van der Waals surface area contributed by atoms with Crippen LogP contribution in [0.3, 0.4) is 0 Å². The van der Waals surface area contributed by atoms with Gasteiger partial charge in [0.25, 0.3) is 11.6 Å². The molecule has 0 aliphatic carbocycles. The predicted molar refractivity (Wildman–Crippen MR) is 73.5 cm³/mol. The van der Waals surface area contributed by atoms with Crippen LogP contribution in [0.4, 0.5) is 5.69 Å². The lowest BCUT2D eigenvalue weighted by Crippen LogP contribution is -2.45. The number of rotatable bonds is 2. The Morgan fingerprint density at radius 2 is 2.11 bits per heavy atom. The lowest BCUT2D eigenvalue weighted by molar-refractivity contribution is -0.385. The van der Waals surface area contributed by atoms with Crippen LogP contribution in [0.2, 0.25) is 0 Å². The lowest BCUT2D eigenvalue weighted by Gasteiger charge is -2.30. The van der Waals surface area contributed by atoms with E-state index in [1.807, 2.05) is 0 Å². The summed E-state index contributed by atoms with van der Waals surface area (Å²) in [5.74, 6) is -0.308. The van der Waals surface area contributed by atoms with Crippen LogP contribution in [-0.4, -0.2) is 34.9 Å². The molecule has 19 heavy (non-hydrogen) atoms. The number of nitrogens with two attached hydrogens (primary N) is 1. The third-order valence-electron chi connectivity index (χ3n) is 3.08. The quantitative estimate of drug-likeness (QED) is 0.660. The van der Waals surface area contributed by atoms with E-state index in [2.05, 4.69) is 0 Å².